The summed E-state index contributed by atoms with van der Waals surface area (Å²) in [5.74, 6) is -2.13. The van der Waals surface area contributed by atoms with Gasteiger partial charge in [0.05, 0.1) is 25.2 Å². The summed E-state index contributed by atoms with van der Waals surface area (Å²) in [6, 6.07) is 0. The van der Waals surface area contributed by atoms with Crippen molar-refractivity contribution >= 4 is 11.9 Å². The molecule has 3 heterocycles. The normalized spacial score (nSPS) is 51.1. The van der Waals surface area contributed by atoms with E-state index in [0.29, 0.717) is 13.0 Å². The minimum atomic E-state index is -0.726. The van der Waals surface area contributed by atoms with E-state index in [1.807, 2.05) is 6.92 Å². The lowest BCUT2D eigenvalue weighted by atomic mass is 9.76. The van der Waals surface area contributed by atoms with E-state index in [2.05, 4.69) is 6.58 Å². The molecule has 5 rings (SSSR count). The first-order valence-corrected chi connectivity index (χ1v) is 9.62. The molecule has 0 bridgehead atoms. The highest BCUT2D eigenvalue weighted by Gasteiger charge is 2.81. The predicted octanol–water partition coefficient (Wildman–Crippen LogP) is -0.128. The van der Waals surface area contributed by atoms with Gasteiger partial charge in [0.25, 0.3) is 0 Å². The van der Waals surface area contributed by atoms with Crippen LogP contribution in [0.4, 0.5) is 0 Å². The van der Waals surface area contributed by atoms with Gasteiger partial charge in [-0.1, -0.05) is 6.58 Å². The van der Waals surface area contributed by atoms with Crippen molar-refractivity contribution in [3.63, 3.8) is 0 Å². The Morgan fingerprint density at radius 1 is 1.43 bits per heavy atom. The molecule has 5 fully saturated rings. The highest BCUT2D eigenvalue weighted by atomic mass is 16.6. The van der Waals surface area contributed by atoms with E-state index < -0.39 is 47.4 Å². The van der Waals surface area contributed by atoms with Crippen LogP contribution in [0, 0.1) is 17.8 Å². The lowest BCUT2D eigenvalue weighted by Crippen LogP contribution is -2.44. The van der Waals surface area contributed by atoms with Crippen LogP contribution in [0.15, 0.2) is 23.8 Å². The molecule has 9 atom stereocenters. The average molecular weight is 392 g/mol. The molecule has 0 unspecified atom stereocenters. The van der Waals surface area contributed by atoms with Crippen molar-refractivity contribution in [3.8, 4) is 0 Å². The van der Waals surface area contributed by atoms with Crippen LogP contribution < -0.4 is 0 Å². The first-order valence-electron chi connectivity index (χ1n) is 9.62. The SMILES string of the molecule is C=C1C(=O)O[C@@H]2[C@H]1[C@H](OC(=O)/C(C)=C\CO)C[C@]1(CO1)[C@@H]1[C@H](O)[C@H]3O[C@@]3(C)[C@H]21. The van der Waals surface area contributed by atoms with Gasteiger partial charge in [-0.3, -0.25) is 0 Å². The lowest BCUT2D eigenvalue weighted by molar-refractivity contribution is -0.149. The minimum absolute atomic E-state index is 0.263. The summed E-state index contributed by atoms with van der Waals surface area (Å²) in [7, 11) is 0. The maximum absolute atomic E-state index is 12.5. The summed E-state index contributed by atoms with van der Waals surface area (Å²) in [5, 5.41) is 19.9. The maximum atomic E-state index is 12.5. The Hall–Kier alpha value is -1.74. The van der Waals surface area contributed by atoms with Crippen molar-refractivity contribution in [1.29, 1.82) is 0 Å². The standard InChI is InChI=1S/C20H24O8/c1-8(4-5-21)17(23)26-10-6-20(7-25-20)12-13(19(3)16(28-19)14(12)22)15-11(10)9(2)18(24)27-15/h4,10-16,21-22H,2,5-7H2,1,3H3/b8-4-/t10-,11-,12+,13+,14+,15-,16-,19+,20+/m1/s1. The quantitative estimate of drug-likeness (QED) is 0.387. The van der Waals surface area contributed by atoms with Crippen LogP contribution in [0.25, 0.3) is 0 Å². The van der Waals surface area contributed by atoms with Gasteiger partial charge in [-0.2, -0.15) is 0 Å². The molecule has 2 N–H and O–H groups in total. The fourth-order valence-electron chi connectivity index (χ4n) is 5.75. The number of ether oxygens (including phenoxy) is 4. The van der Waals surface area contributed by atoms with Crippen LogP contribution in [0.3, 0.4) is 0 Å². The summed E-state index contributed by atoms with van der Waals surface area (Å²) in [4.78, 5) is 24.8. The topological polar surface area (TPSA) is 118 Å². The van der Waals surface area contributed by atoms with E-state index in [1.165, 1.54) is 6.08 Å². The molecule has 0 aromatic carbocycles. The van der Waals surface area contributed by atoms with Crippen LogP contribution in [0.5, 0.6) is 0 Å². The largest absolute Gasteiger partial charge is 0.458 e. The number of epoxide rings is 2. The predicted molar refractivity (Wildman–Crippen MR) is 92.8 cm³/mol. The van der Waals surface area contributed by atoms with E-state index in [-0.39, 0.29) is 35.7 Å². The van der Waals surface area contributed by atoms with Gasteiger partial charge >= 0.3 is 11.9 Å². The van der Waals surface area contributed by atoms with Crippen molar-refractivity contribution in [2.24, 2.45) is 17.8 Å². The second kappa shape index (κ2) is 5.66. The number of hydrogen-bond donors (Lipinski definition) is 2. The Kier molecular flexibility index (Phi) is 3.70. The summed E-state index contributed by atoms with van der Waals surface area (Å²) >= 11 is 0. The van der Waals surface area contributed by atoms with Gasteiger partial charge in [-0.25, -0.2) is 9.59 Å². The third kappa shape index (κ3) is 2.26. The maximum Gasteiger partial charge on any atom is 0.334 e. The van der Waals surface area contributed by atoms with Crippen LogP contribution in [-0.4, -0.2) is 71.0 Å². The van der Waals surface area contributed by atoms with Gasteiger partial charge in [-0.05, 0) is 19.9 Å². The fraction of sp³-hybridized carbons (Fsp3) is 0.700. The molecule has 0 aromatic rings. The summed E-state index contributed by atoms with van der Waals surface area (Å²) in [6.07, 6.45) is -0.585. The van der Waals surface area contributed by atoms with Gasteiger partial charge in [0.1, 0.15) is 29.5 Å². The molecule has 3 saturated heterocycles. The molecular weight excluding hydrogens is 368 g/mol. The first-order chi connectivity index (χ1) is 13.2. The number of rotatable bonds is 3. The molecule has 0 radical (unpaired) electrons. The highest BCUT2D eigenvalue weighted by molar-refractivity contribution is 5.91. The third-order valence-corrected chi connectivity index (χ3v) is 7.28. The van der Waals surface area contributed by atoms with E-state index in [0.717, 1.165) is 0 Å². The van der Waals surface area contributed by atoms with Gasteiger partial charge in [0, 0.05) is 29.4 Å². The molecule has 2 saturated carbocycles. The number of esters is 2. The summed E-state index contributed by atoms with van der Waals surface area (Å²) in [5.41, 5.74) is -0.670. The van der Waals surface area contributed by atoms with Crippen molar-refractivity contribution in [2.75, 3.05) is 13.2 Å². The second-order valence-electron chi connectivity index (χ2n) is 8.76. The van der Waals surface area contributed by atoms with Gasteiger partial charge in [-0.15, -0.1) is 0 Å². The summed E-state index contributed by atoms with van der Waals surface area (Å²) < 4.78 is 23.1. The van der Waals surface area contributed by atoms with Crippen molar-refractivity contribution in [2.45, 2.75) is 55.9 Å². The van der Waals surface area contributed by atoms with Crippen LogP contribution in [-0.2, 0) is 28.5 Å². The number of aliphatic hydroxyl groups is 2. The molecule has 0 aromatic heterocycles. The van der Waals surface area contributed by atoms with Crippen LogP contribution in [0.2, 0.25) is 0 Å². The number of carbonyl (C=O) groups is 2. The molecule has 1 spiro atoms. The molecule has 28 heavy (non-hydrogen) atoms. The molecule has 8 nitrogen and oxygen atoms in total. The van der Waals surface area contributed by atoms with E-state index in [1.54, 1.807) is 6.92 Å². The van der Waals surface area contributed by atoms with Crippen LogP contribution >= 0.6 is 0 Å². The Balaban J connectivity index is 1.53. The smallest absolute Gasteiger partial charge is 0.334 e. The number of aliphatic hydroxyl groups excluding tert-OH is 2. The summed E-state index contributed by atoms with van der Waals surface area (Å²) in [6.45, 7) is 7.56. The molecular formula is C20H24O8. The van der Waals surface area contributed by atoms with Crippen molar-refractivity contribution < 1.29 is 38.7 Å². The zero-order valence-corrected chi connectivity index (χ0v) is 15.8. The molecule has 0 amide bonds. The zero-order chi connectivity index (χ0) is 20.0. The van der Waals surface area contributed by atoms with Crippen molar-refractivity contribution in [3.05, 3.63) is 23.8 Å². The highest BCUT2D eigenvalue weighted by Crippen LogP contribution is 2.67. The monoisotopic (exact) mass is 392 g/mol. The Morgan fingerprint density at radius 2 is 2.14 bits per heavy atom. The van der Waals surface area contributed by atoms with E-state index >= 15 is 0 Å². The molecule has 5 aliphatic rings. The molecule has 152 valence electrons. The van der Waals surface area contributed by atoms with Crippen molar-refractivity contribution in [1.82, 2.24) is 0 Å². The molecule has 2 aliphatic carbocycles. The van der Waals surface area contributed by atoms with Gasteiger partial charge in [0.2, 0.25) is 0 Å². The minimum Gasteiger partial charge on any atom is -0.458 e. The lowest BCUT2D eigenvalue weighted by Gasteiger charge is -2.33. The van der Waals surface area contributed by atoms with E-state index in [9.17, 15) is 14.7 Å². The Bertz CT molecular complexity index is 798. The zero-order valence-electron chi connectivity index (χ0n) is 15.8. The fourth-order valence-corrected chi connectivity index (χ4v) is 5.75. The number of hydrogen-bond acceptors (Lipinski definition) is 8. The molecule has 8 heteroatoms. The average Bonchev–Trinajstić information content (AvgIpc) is 3.52. The second-order valence-corrected chi connectivity index (χ2v) is 8.76. The Labute approximate surface area is 162 Å². The van der Waals surface area contributed by atoms with Gasteiger partial charge < -0.3 is 29.2 Å². The van der Waals surface area contributed by atoms with Crippen LogP contribution in [0.1, 0.15) is 20.3 Å². The number of fused-ring (bicyclic) bond motifs is 6. The van der Waals surface area contributed by atoms with Gasteiger partial charge in [0.15, 0.2) is 0 Å². The van der Waals surface area contributed by atoms with E-state index in [4.69, 9.17) is 24.1 Å². The third-order valence-electron chi connectivity index (χ3n) is 7.28. The Morgan fingerprint density at radius 3 is 2.79 bits per heavy atom. The molecule has 3 aliphatic heterocycles. The number of carbonyl (C=O) groups excluding carboxylic acids is 2. The first kappa shape index (κ1) is 18.3.